The maximum absolute atomic E-state index is 12.4. The van der Waals surface area contributed by atoms with E-state index in [0.717, 1.165) is 24.0 Å². The van der Waals surface area contributed by atoms with Gasteiger partial charge in [0.25, 0.3) is 5.91 Å². The molecule has 1 aromatic heterocycles. The minimum atomic E-state index is -0.136. The fraction of sp³-hybridized carbons (Fsp3) is 0.476. The first-order valence-electron chi connectivity index (χ1n) is 9.37. The van der Waals surface area contributed by atoms with Crippen LogP contribution in [0.25, 0.3) is 11.4 Å². The lowest BCUT2D eigenvalue weighted by atomic mass is 9.76. The molecule has 5 nitrogen and oxygen atoms in total. The van der Waals surface area contributed by atoms with Gasteiger partial charge in [-0.25, -0.2) is 4.98 Å². The highest BCUT2D eigenvalue weighted by atomic mass is 16.5. The van der Waals surface area contributed by atoms with Crippen LogP contribution in [0.2, 0.25) is 0 Å². The van der Waals surface area contributed by atoms with Gasteiger partial charge in [-0.15, -0.1) is 5.10 Å². The van der Waals surface area contributed by atoms with Gasteiger partial charge < -0.3 is 4.74 Å². The summed E-state index contributed by atoms with van der Waals surface area (Å²) in [4.78, 5) is 17.0. The lowest BCUT2D eigenvalue weighted by Gasteiger charge is -2.35. The summed E-state index contributed by atoms with van der Waals surface area (Å²) < 4.78 is 7.55. The van der Waals surface area contributed by atoms with Crippen LogP contribution in [0.15, 0.2) is 42.0 Å². The zero-order chi connectivity index (χ0) is 18.1. The number of rotatable bonds is 4. The summed E-state index contributed by atoms with van der Waals surface area (Å²) >= 11 is 0. The van der Waals surface area contributed by atoms with E-state index in [1.807, 2.05) is 30.3 Å². The molecule has 1 fully saturated rings. The molecule has 1 unspecified atom stereocenters. The average molecular weight is 351 g/mol. The van der Waals surface area contributed by atoms with Gasteiger partial charge in [-0.1, -0.05) is 50.6 Å². The molecule has 1 saturated carbocycles. The second kappa shape index (κ2) is 6.80. The Morgan fingerprint density at radius 1 is 1.27 bits per heavy atom. The highest BCUT2D eigenvalue weighted by Crippen LogP contribution is 2.36. The molecule has 1 aliphatic heterocycles. The minimum absolute atomic E-state index is 0.136. The Morgan fingerprint density at radius 2 is 2.08 bits per heavy atom. The fourth-order valence-electron chi connectivity index (χ4n) is 3.92. The Balaban J connectivity index is 1.44. The van der Waals surface area contributed by atoms with Crippen LogP contribution in [-0.2, 0) is 11.2 Å². The first kappa shape index (κ1) is 17.2. The van der Waals surface area contributed by atoms with Crippen molar-refractivity contribution in [2.75, 3.05) is 6.61 Å². The molecule has 0 spiro atoms. The fourth-order valence-corrected chi connectivity index (χ4v) is 3.92. The van der Waals surface area contributed by atoms with Crippen molar-refractivity contribution in [2.45, 2.75) is 52.1 Å². The number of allylic oxidation sites excluding steroid dienone is 1. The quantitative estimate of drug-likeness (QED) is 0.834. The zero-order valence-electron chi connectivity index (χ0n) is 15.4. The summed E-state index contributed by atoms with van der Waals surface area (Å²) in [5, 5.41) is 4.38. The van der Waals surface area contributed by atoms with E-state index in [4.69, 9.17) is 4.74 Å². The number of benzene rings is 1. The third-order valence-corrected chi connectivity index (χ3v) is 5.29. The predicted octanol–water partition coefficient (Wildman–Crippen LogP) is 4.05. The van der Waals surface area contributed by atoms with Crippen LogP contribution in [-0.4, -0.2) is 33.4 Å². The lowest BCUT2D eigenvalue weighted by molar-refractivity contribution is 0.00399. The maximum Gasteiger partial charge on any atom is 0.272 e. The first-order chi connectivity index (χ1) is 12.5. The average Bonchev–Trinajstić information content (AvgIpc) is 3.05. The van der Waals surface area contributed by atoms with Crippen LogP contribution in [0.4, 0.5) is 0 Å². The number of fused-ring (bicyclic) bond motifs is 1. The van der Waals surface area contributed by atoms with Gasteiger partial charge in [-0.05, 0) is 30.3 Å². The Morgan fingerprint density at radius 3 is 2.85 bits per heavy atom. The summed E-state index contributed by atoms with van der Waals surface area (Å²) in [6.45, 7) is 5.11. The zero-order valence-corrected chi connectivity index (χ0v) is 15.4. The molecule has 2 heterocycles. The second-order valence-electron chi connectivity index (χ2n) is 8.14. The number of nitrogens with zero attached hydrogens (tertiary/aromatic N) is 3. The van der Waals surface area contributed by atoms with Crippen LogP contribution in [0.1, 0.15) is 50.1 Å². The summed E-state index contributed by atoms with van der Waals surface area (Å²) in [7, 11) is 0. The van der Waals surface area contributed by atoms with Crippen molar-refractivity contribution >= 4 is 5.91 Å². The molecule has 26 heavy (non-hydrogen) atoms. The number of ether oxygens (including phenoxy) is 1. The molecule has 0 radical (unpaired) electrons. The number of carbonyl (C=O) groups is 1. The summed E-state index contributed by atoms with van der Waals surface area (Å²) in [5.41, 5.74) is 2.26. The number of hydrogen-bond acceptors (Lipinski definition) is 4. The number of carbonyl (C=O) groups excluding carboxylic acids is 1. The van der Waals surface area contributed by atoms with Gasteiger partial charge in [0.2, 0.25) is 0 Å². The van der Waals surface area contributed by atoms with E-state index in [0.29, 0.717) is 30.1 Å². The summed E-state index contributed by atoms with van der Waals surface area (Å²) in [6.07, 6.45) is 7.23. The van der Waals surface area contributed by atoms with Crippen molar-refractivity contribution in [2.24, 2.45) is 5.41 Å². The van der Waals surface area contributed by atoms with Crippen LogP contribution in [0.5, 0.6) is 0 Å². The third-order valence-electron chi connectivity index (χ3n) is 5.29. The van der Waals surface area contributed by atoms with Crippen molar-refractivity contribution in [3.05, 3.63) is 47.8 Å². The minimum Gasteiger partial charge on any atom is -0.374 e. The molecule has 1 atom stereocenters. The molecule has 0 bridgehead atoms. The molecule has 0 amide bonds. The largest absolute Gasteiger partial charge is 0.374 e. The Hall–Kier alpha value is -2.27. The van der Waals surface area contributed by atoms with Crippen LogP contribution in [0, 0.1) is 5.41 Å². The summed E-state index contributed by atoms with van der Waals surface area (Å²) in [5.74, 6) is 1.15. The van der Waals surface area contributed by atoms with Gasteiger partial charge in [0.1, 0.15) is 5.82 Å². The SMILES string of the molecule is CC1(C)CCCC(OCC2=CC(=O)n3nc(-c4ccccc4)nc3C2)C1. The maximum atomic E-state index is 12.4. The van der Waals surface area contributed by atoms with E-state index in [2.05, 4.69) is 23.9 Å². The summed E-state index contributed by atoms with van der Waals surface area (Å²) in [6, 6.07) is 9.75. The molecule has 2 aromatic rings. The first-order valence-corrected chi connectivity index (χ1v) is 9.37. The molecule has 1 aromatic carbocycles. The van der Waals surface area contributed by atoms with Gasteiger partial charge >= 0.3 is 0 Å². The van der Waals surface area contributed by atoms with E-state index in [1.54, 1.807) is 6.08 Å². The van der Waals surface area contributed by atoms with Crippen molar-refractivity contribution in [1.82, 2.24) is 14.8 Å². The Labute approximate surface area is 154 Å². The number of hydrogen-bond donors (Lipinski definition) is 0. The van der Waals surface area contributed by atoms with E-state index in [1.165, 1.54) is 17.5 Å². The van der Waals surface area contributed by atoms with Gasteiger partial charge in [0, 0.05) is 18.1 Å². The van der Waals surface area contributed by atoms with E-state index in [9.17, 15) is 4.79 Å². The number of aromatic nitrogens is 3. The van der Waals surface area contributed by atoms with Crippen molar-refractivity contribution in [3.63, 3.8) is 0 Å². The van der Waals surface area contributed by atoms with E-state index < -0.39 is 0 Å². The molecule has 4 rings (SSSR count). The molecular weight excluding hydrogens is 326 g/mol. The highest BCUT2D eigenvalue weighted by Gasteiger charge is 2.29. The molecule has 1 aliphatic carbocycles. The van der Waals surface area contributed by atoms with E-state index >= 15 is 0 Å². The van der Waals surface area contributed by atoms with Crippen LogP contribution >= 0.6 is 0 Å². The Bertz CT molecular complexity index is 836. The van der Waals surface area contributed by atoms with Gasteiger partial charge in [-0.2, -0.15) is 4.68 Å². The molecular formula is C21H25N3O2. The molecule has 0 N–H and O–H groups in total. The third kappa shape index (κ3) is 3.63. The molecule has 136 valence electrons. The van der Waals surface area contributed by atoms with Crippen molar-refractivity contribution < 1.29 is 9.53 Å². The van der Waals surface area contributed by atoms with Crippen LogP contribution < -0.4 is 0 Å². The smallest absolute Gasteiger partial charge is 0.272 e. The van der Waals surface area contributed by atoms with Crippen LogP contribution in [0.3, 0.4) is 0 Å². The Kier molecular flexibility index (Phi) is 4.49. The van der Waals surface area contributed by atoms with Crippen molar-refractivity contribution in [1.29, 1.82) is 0 Å². The second-order valence-corrected chi connectivity index (χ2v) is 8.14. The highest BCUT2D eigenvalue weighted by molar-refractivity contribution is 5.91. The van der Waals surface area contributed by atoms with Gasteiger partial charge in [-0.3, -0.25) is 4.79 Å². The molecule has 0 saturated heterocycles. The molecule has 5 heteroatoms. The van der Waals surface area contributed by atoms with Crippen molar-refractivity contribution in [3.8, 4) is 11.4 Å². The van der Waals surface area contributed by atoms with Gasteiger partial charge in [0.05, 0.1) is 12.7 Å². The normalized spacial score (nSPS) is 22.0. The topological polar surface area (TPSA) is 57.0 Å². The van der Waals surface area contributed by atoms with E-state index in [-0.39, 0.29) is 12.0 Å². The standard InChI is InChI=1S/C21H25N3O2/c1-21(2)10-6-9-17(13-21)26-14-15-11-18-22-20(16-7-4-3-5-8-16)23-24(18)19(25)12-15/h3-5,7-8,12,17H,6,9-11,13-14H2,1-2H3. The van der Waals surface area contributed by atoms with Gasteiger partial charge in [0.15, 0.2) is 5.82 Å². The molecule has 2 aliphatic rings. The lowest BCUT2D eigenvalue weighted by Crippen LogP contribution is -2.29. The monoisotopic (exact) mass is 351 g/mol. The predicted molar refractivity (Wildman–Crippen MR) is 99.9 cm³/mol.